The molecule has 1 heterocycles. The second kappa shape index (κ2) is 7.17. The number of benzene rings is 1. The van der Waals surface area contributed by atoms with Gasteiger partial charge >= 0.3 is 5.97 Å². The topological polar surface area (TPSA) is 95.9 Å². The highest BCUT2D eigenvalue weighted by atomic mass is 32.2. The third-order valence-corrected chi connectivity index (χ3v) is 3.92. The zero-order chi connectivity index (χ0) is 16.1. The largest absolute Gasteiger partial charge is 0.494 e. The molecule has 8 heteroatoms. The molecule has 2 N–H and O–H groups in total. The standard InChI is InChI=1S/C14H16N2O5S/c1-2-21-10-5-3-9(4-6-10)15-12-13(19)16(14(20)22-12)8-7-11(17)18/h3-6,12,15H,2,7-8H2,1H3,(H,17,18). The summed E-state index contributed by atoms with van der Waals surface area (Å²) in [7, 11) is 0. The average Bonchev–Trinajstić information content (AvgIpc) is 2.73. The SMILES string of the molecule is CCOc1ccc(NC2SC(=O)N(CCC(=O)O)C2=O)cc1. The number of imide groups is 1. The molecule has 118 valence electrons. The van der Waals surface area contributed by atoms with E-state index in [0.29, 0.717) is 12.3 Å². The maximum atomic E-state index is 12.1. The van der Waals surface area contributed by atoms with Gasteiger partial charge in [0, 0.05) is 12.2 Å². The molecule has 7 nitrogen and oxygen atoms in total. The van der Waals surface area contributed by atoms with Gasteiger partial charge in [-0.05, 0) is 43.0 Å². The summed E-state index contributed by atoms with van der Waals surface area (Å²) in [5.41, 5.74) is 0.683. The fourth-order valence-corrected chi connectivity index (χ4v) is 2.85. The van der Waals surface area contributed by atoms with E-state index in [2.05, 4.69) is 5.32 Å². The van der Waals surface area contributed by atoms with Crippen molar-refractivity contribution in [2.75, 3.05) is 18.5 Å². The molecule has 0 aromatic heterocycles. The Balaban J connectivity index is 1.97. The van der Waals surface area contributed by atoms with Crippen LogP contribution in [0, 0.1) is 0 Å². The van der Waals surface area contributed by atoms with Crippen LogP contribution in [0.15, 0.2) is 24.3 Å². The summed E-state index contributed by atoms with van der Waals surface area (Å²) < 4.78 is 5.32. The van der Waals surface area contributed by atoms with Gasteiger partial charge in [0.05, 0.1) is 13.0 Å². The maximum Gasteiger partial charge on any atom is 0.305 e. The number of thioether (sulfide) groups is 1. The first-order chi connectivity index (χ1) is 10.5. The van der Waals surface area contributed by atoms with Gasteiger partial charge in [0.2, 0.25) is 0 Å². The number of amides is 2. The minimum absolute atomic E-state index is 0.110. The Hall–Kier alpha value is -2.22. The number of carboxylic acid groups (broad SMARTS) is 1. The van der Waals surface area contributed by atoms with Crippen LogP contribution in [0.4, 0.5) is 10.5 Å². The molecule has 0 bridgehead atoms. The van der Waals surface area contributed by atoms with Crippen molar-refractivity contribution in [2.24, 2.45) is 0 Å². The Bertz CT molecular complexity index is 575. The van der Waals surface area contributed by atoms with Gasteiger partial charge in [0.25, 0.3) is 11.1 Å². The van der Waals surface area contributed by atoms with Crippen molar-refractivity contribution < 1.29 is 24.2 Å². The Morgan fingerprint density at radius 1 is 1.36 bits per heavy atom. The molecular formula is C14H16N2O5S. The van der Waals surface area contributed by atoms with Gasteiger partial charge in [-0.15, -0.1) is 0 Å². The molecule has 0 aliphatic carbocycles. The third kappa shape index (κ3) is 3.91. The van der Waals surface area contributed by atoms with Crippen LogP contribution in [0.3, 0.4) is 0 Å². The maximum absolute atomic E-state index is 12.1. The van der Waals surface area contributed by atoms with E-state index < -0.39 is 22.5 Å². The lowest BCUT2D eigenvalue weighted by molar-refractivity contribution is -0.137. The molecule has 2 rings (SSSR count). The molecule has 1 aromatic rings. The number of nitrogens with one attached hydrogen (secondary N) is 1. The Morgan fingerprint density at radius 2 is 2.05 bits per heavy atom. The Labute approximate surface area is 131 Å². The van der Waals surface area contributed by atoms with Crippen LogP contribution in [0.1, 0.15) is 13.3 Å². The van der Waals surface area contributed by atoms with Crippen molar-refractivity contribution in [3.05, 3.63) is 24.3 Å². The van der Waals surface area contributed by atoms with Crippen LogP contribution in [-0.4, -0.2) is 45.6 Å². The number of rotatable bonds is 7. The molecule has 0 saturated carbocycles. The molecule has 1 aromatic carbocycles. The first kappa shape index (κ1) is 16.2. The number of hydrogen-bond donors (Lipinski definition) is 2. The summed E-state index contributed by atoms with van der Waals surface area (Å²) in [4.78, 5) is 35.4. The second-order valence-corrected chi connectivity index (χ2v) is 5.56. The predicted octanol–water partition coefficient (Wildman–Crippen LogP) is 1.99. The summed E-state index contributed by atoms with van der Waals surface area (Å²) in [6.45, 7) is 2.34. The van der Waals surface area contributed by atoms with Gasteiger partial charge in [-0.3, -0.25) is 19.3 Å². The zero-order valence-corrected chi connectivity index (χ0v) is 12.8. The van der Waals surface area contributed by atoms with Crippen LogP contribution >= 0.6 is 11.8 Å². The molecule has 2 amide bonds. The first-order valence-corrected chi connectivity index (χ1v) is 7.62. The van der Waals surface area contributed by atoms with Crippen molar-refractivity contribution in [3.63, 3.8) is 0 Å². The van der Waals surface area contributed by atoms with E-state index in [0.717, 1.165) is 22.4 Å². The number of carboxylic acids is 1. The monoisotopic (exact) mass is 324 g/mol. The normalized spacial score (nSPS) is 17.7. The highest BCUT2D eigenvalue weighted by Crippen LogP contribution is 2.28. The van der Waals surface area contributed by atoms with Crippen molar-refractivity contribution in [1.82, 2.24) is 4.90 Å². The third-order valence-electron chi connectivity index (χ3n) is 2.94. The van der Waals surface area contributed by atoms with Crippen LogP contribution in [0.25, 0.3) is 0 Å². The van der Waals surface area contributed by atoms with E-state index in [1.807, 2.05) is 6.92 Å². The number of anilines is 1. The molecule has 1 fully saturated rings. The minimum Gasteiger partial charge on any atom is -0.494 e. The number of ether oxygens (including phenoxy) is 1. The lowest BCUT2D eigenvalue weighted by Gasteiger charge is -2.14. The van der Waals surface area contributed by atoms with Crippen LogP contribution in [0.2, 0.25) is 0 Å². The lowest BCUT2D eigenvalue weighted by atomic mass is 10.3. The quantitative estimate of drug-likeness (QED) is 0.792. The zero-order valence-electron chi connectivity index (χ0n) is 11.9. The van der Waals surface area contributed by atoms with Crippen LogP contribution < -0.4 is 10.1 Å². The molecule has 22 heavy (non-hydrogen) atoms. The molecule has 1 aliphatic heterocycles. The summed E-state index contributed by atoms with van der Waals surface area (Å²) in [5.74, 6) is -0.753. The summed E-state index contributed by atoms with van der Waals surface area (Å²) in [5, 5.41) is 10.4. The van der Waals surface area contributed by atoms with Crippen molar-refractivity contribution in [1.29, 1.82) is 0 Å². The van der Waals surface area contributed by atoms with Crippen molar-refractivity contribution >= 4 is 34.6 Å². The van der Waals surface area contributed by atoms with Gasteiger partial charge < -0.3 is 15.2 Å². The molecule has 0 spiro atoms. The minimum atomic E-state index is -1.05. The lowest BCUT2D eigenvalue weighted by Crippen LogP contribution is -2.35. The second-order valence-electron chi connectivity index (χ2n) is 4.50. The number of carbonyl (C=O) groups is 3. The molecule has 1 atom stereocenters. The van der Waals surface area contributed by atoms with E-state index in [1.54, 1.807) is 24.3 Å². The molecule has 0 radical (unpaired) electrons. The number of nitrogens with zero attached hydrogens (tertiary/aromatic N) is 1. The smallest absolute Gasteiger partial charge is 0.305 e. The summed E-state index contributed by atoms with van der Waals surface area (Å²) >= 11 is 0.845. The highest BCUT2D eigenvalue weighted by molar-refractivity contribution is 8.15. The number of carbonyl (C=O) groups excluding carboxylic acids is 2. The van der Waals surface area contributed by atoms with Crippen LogP contribution in [0.5, 0.6) is 5.75 Å². The van der Waals surface area contributed by atoms with E-state index in [-0.39, 0.29) is 13.0 Å². The van der Waals surface area contributed by atoms with E-state index in [9.17, 15) is 14.4 Å². The van der Waals surface area contributed by atoms with Crippen LogP contribution in [-0.2, 0) is 9.59 Å². The van der Waals surface area contributed by atoms with Gasteiger partial charge in [-0.1, -0.05) is 0 Å². The Morgan fingerprint density at radius 3 is 2.64 bits per heavy atom. The summed E-state index contributed by atoms with van der Waals surface area (Å²) in [6, 6.07) is 7.03. The summed E-state index contributed by atoms with van der Waals surface area (Å²) in [6.07, 6.45) is -0.256. The van der Waals surface area contributed by atoms with Crippen molar-refractivity contribution in [3.8, 4) is 5.75 Å². The fraction of sp³-hybridized carbons (Fsp3) is 0.357. The predicted molar refractivity (Wildman–Crippen MR) is 82.0 cm³/mol. The number of hydrogen-bond acceptors (Lipinski definition) is 6. The van der Waals surface area contributed by atoms with Crippen molar-refractivity contribution in [2.45, 2.75) is 18.7 Å². The average molecular weight is 324 g/mol. The molecule has 1 aliphatic rings. The van der Waals surface area contributed by atoms with Gasteiger partial charge in [0.15, 0.2) is 5.37 Å². The first-order valence-electron chi connectivity index (χ1n) is 6.74. The highest BCUT2D eigenvalue weighted by Gasteiger charge is 2.39. The fourth-order valence-electron chi connectivity index (χ4n) is 1.91. The molecular weight excluding hydrogens is 308 g/mol. The molecule has 1 unspecified atom stereocenters. The molecule has 1 saturated heterocycles. The van der Waals surface area contributed by atoms with E-state index in [4.69, 9.17) is 9.84 Å². The number of aliphatic carboxylic acids is 1. The Kier molecular flexibility index (Phi) is 5.26. The van der Waals surface area contributed by atoms with Gasteiger partial charge in [-0.25, -0.2) is 0 Å². The van der Waals surface area contributed by atoms with E-state index in [1.165, 1.54) is 0 Å². The van der Waals surface area contributed by atoms with Gasteiger partial charge in [0.1, 0.15) is 5.75 Å². The van der Waals surface area contributed by atoms with Gasteiger partial charge in [-0.2, -0.15) is 0 Å². The van der Waals surface area contributed by atoms with E-state index >= 15 is 0 Å².